The Morgan fingerprint density at radius 2 is 1.92 bits per heavy atom. The van der Waals surface area contributed by atoms with Crippen LogP contribution in [0.2, 0.25) is 0 Å². The number of nitrogens with one attached hydrogen (secondary N) is 1. The number of ether oxygens (including phenoxy) is 2. The Balaban J connectivity index is 2.25. The summed E-state index contributed by atoms with van der Waals surface area (Å²) >= 11 is 3.33. The second-order valence-electron chi connectivity index (χ2n) is 4.91. The van der Waals surface area contributed by atoms with Crippen molar-refractivity contribution >= 4 is 33.6 Å². The van der Waals surface area contributed by atoms with E-state index in [4.69, 9.17) is 4.74 Å². The topological polar surface area (TPSA) is 87.7 Å². The number of benzene rings is 2. The van der Waals surface area contributed by atoms with Gasteiger partial charge in [0.2, 0.25) is 0 Å². The van der Waals surface area contributed by atoms with Crippen molar-refractivity contribution in [2.24, 2.45) is 0 Å². The SMILES string of the molecule is COC(=O)C(=CC(=O)[O-])Nc1cc(Br)ccc1OCc1ccccc1. The minimum Gasteiger partial charge on any atom is -0.545 e. The van der Waals surface area contributed by atoms with Crippen molar-refractivity contribution in [1.29, 1.82) is 0 Å². The number of esters is 1. The minimum absolute atomic E-state index is 0.273. The number of anilines is 1. The fourth-order valence-electron chi connectivity index (χ4n) is 1.98. The van der Waals surface area contributed by atoms with Crippen molar-refractivity contribution in [3.63, 3.8) is 0 Å². The summed E-state index contributed by atoms with van der Waals surface area (Å²) < 4.78 is 11.1. The van der Waals surface area contributed by atoms with Gasteiger partial charge in [-0.1, -0.05) is 46.3 Å². The van der Waals surface area contributed by atoms with Gasteiger partial charge in [0.25, 0.3) is 0 Å². The van der Waals surface area contributed by atoms with Gasteiger partial charge in [-0.15, -0.1) is 0 Å². The lowest BCUT2D eigenvalue weighted by Gasteiger charge is -2.15. The molecule has 0 spiro atoms. The zero-order valence-corrected chi connectivity index (χ0v) is 14.9. The van der Waals surface area contributed by atoms with Crippen molar-refractivity contribution < 1.29 is 24.2 Å². The molecule has 0 aliphatic rings. The van der Waals surface area contributed by atoms with Gasteiger partial charge in [0, 0.05) is 4.47 Å². The van der Waals surface area contributed by atoms with Crippen LogP contribution in [0.5, 0.6) is 5.75 Å². The molecule has 7 heteroatoms. The number of methoxy groups -OCH3 is 1. The second-order valence-corrected chi connectivity index (χ2v) is 5.82. The predicted molar refractivity (Wildman–Crippen MR) is 93.6 cm³/mol. The van der Waals surface area contributed by atoms with E-state index in [0.717, 1.165) is 17.1 Å². The van der Waals surface area contributed by atoms with E-state index in [-0.39, 0.29) is 5.70 Å². The van der Waals surface area contributed by atoms with Gasteiger partial charge in [-0.3, -0.25) is 0 Å². The predicted octanol–water partition coefficient (Wildman–Crippen LogP) is 2.25. The van der Waals surface area contributed by atoms with Crippen LogP contribution < -0.4 is 15.2 Å². The normalized spacial score (nSPS) is 10.9. The summed E-state index contributed by atoms with van der Waals surface area (Å²) in [5.74, 6) is -1.91. The molecule has 0 aliphatic heterocycles. The van der Waals surface area contributed by atoms with Crippen LogP contribution in [-0.4, -0.2) is 19.0 Å². The van der Waals surface area contributed by atoms with E-state index in [9.17, 15) is 14.7 Å². The van der Waals surface area contributed by atoms with Gasteiger partial charge in [0.1, 0.15) is 18.1 Å². The molecule has 0 fully saturated rings. The third-order valence-corrected chi connectivity index (χ3v) is 3.61. The Morgan fingerprint density at radius 1 is 1.20 bits per heavy atom. The Bertz CT molecular complexity index is 789. The summed E-state index contributed by atoms with van der Waals surface area (Å²) in [6.07, 6.45) is 0.633. The Kier molecular flexibility index (Phi) is 6.59. The number of halogens is 1. The van der Waals surface area contributed by atoms with E-state index in [1.807, 2.05) is 30.3 Å². The molecular weight excluding hydrogens is 390 g/mol. The van der Waals surface area contributed by atoms with Crippen molar-refractivity contribution in [3.8, 4) is 5.75 Å². The summed E-state index contributed by atoms with van der Waals surface area (Å²) in [7, 11) is 1.15. The van der Waals surface area contributed by atoms with Crippen LogP contribution in [0, 0.1) is 0 Å². The summed E-state index contributed by atoms with van der Waals surface area (Å²) in [5.41, 5.74) is 1.10. The number of rotatable bonds is 7. The van der Waals surface area contributed by atoms with Gasteiger partial charge in [-0.05, 0) is 29.8 Å². The molecule has 0 bridgehead atoms. The van der Waals surface area contributed by atoms with E-state index >= 15 is 0 Å². The third-order valence-electron chi connectivity index (χ3n) is 3.12. The molecule has 2 aromatic carbocycles. The zero-order valence-electron chi connectivity index (χ0n) is 13.3. The van der Waals surface area contributed by atoms with Crippen molar-refractivity contribution in [2.45, 2.75) is 6.61 Å². The maximum atomic E-state index is 11.7. The van der Waals surface area contributed by atoms with Gasteiger partial charge in [-0.25, -0.2) is 4.79 Å². The molecule has 0 unspecified atom stereocenters. The summed E-state index contributed by atoms with van der Waals surface area (Å²) in [4.78, 5) is 22.5. The fourth-order valence-corrected chi connectivity index (χ4v) is 2.34. The summed E-state index contributed by atoms with van der Waals surface area (Å²) in [6, 6.07) is 14.7. The molecule has 2 aromatic rings. The first-order chi connectivity index (χ1) is 12.0. The van der Waals surface area contributed by atoms with Gasteiger partial charge in [0.05, 0.1) is 18.8 Å². The van der Waals surface area contributed by atoms with Crippen LogP contribution in [0.15, 0.2) is 64.8 Å². The molecule has 0 saturated carbocycles. The standard InChI is InChI=1S/C18H16BrNO5/c1-24-18(23)15(10-17(21)22)20-14-9-13(19)7-8-16(14)25-11-12-5-3-2-4-6-12/h2-10,20H,11H2,1H3,(H,21,22)/p-1. The van der Waals surface area contributed by atoms with Crippen LogP contribution >= 0.6 is 15.9 Å². The van der Waals surface area contributed by atoms with Crippen molar-refractivity contribution in [1.82, 2.24) is 0 Å². The molecule has 0 saturated heterocycles. The quantitative estimate of drug-likeness (QED) is 0.562. The number of carbonyl (C=O) groups is 2. The highest BCUT2D eigenvalue weighted by molar-refractivity contribution is 9.10. The monoisotopic (exact) mass is 404 g/mol. The van der Waals surface area contributed by atoms with E-state index in [1.54, 1.807) is 18.2 Å². The molecule has 1 N–H and O–H groups in total. The fraction of sp³-hybridized carbons (Fsp3) is 0.111. The highest BCUT2D eigenvalue weighted by atomic mass is 79.9. The highest BCUT2D eigenvalue weighted by Crippen LogP contribution is 2.30. The van der Waals surface area contributed by atoms with Crippen LogP contribution in [0.3, 0.4) is 0 Å². The van der Waals surface area contributed by atoms with Gasteiger partial charge >= 0.3 is 5.97 Å². The number of hydrogen-bond donors (Lipinski definition) is 1. The average Bonchev–Trinajstić information content (AvgIpc) is 2.60. The molecule has 0 aliphatic carbocycles. The maximum Gasteiger partial charge on any atom is 0.354 e. The van der Waals surface area contributed by atoms with Gasteiger partial charge < -0.3 is 24.7 Å². The summed E-state index contributed by atoms with van der Waals surface area (Å²) in [5, 5.41) is 13.5. The Hall–Kier alpha value is -2.80. The molecular formula is C18H15BrNO5-. The smallest absolute Gasteiger partial charge is 0.354 e. The average molecular weight is 405 g/mol. The summed E-state index contributed by atoms with van der Waals surface area (Å²) in [6.45, 7) is 0.314. The molecule has 130 valence electrons. The van der Waals surface area contributed by atoms with E-state index < -0.39 is 11.9 Å². The molecule has 0 radical (unpaired) electrons. The first kappa shape index (κ1) is 18.5. The van der Waals surface area contributed by atoms with Crippen molar-refractivity contribution in [2.75, 3.05) is 12.4 Å². The zero-order chi connectivity index (χ0) is 18.2. The molecule has 6 nitrogen and oxygen atoms in total. The molecule has 0 heterocycles. The van der Waals surface area contributed by atoms with Gasteiger partial charge in [-0.2, -0.15) is 0 Å². The number of carboxylic acid groups (broad SMARTS) is 1. The lowest BCUT2D eigenvalue weighted by atomic mass is 10.2. The first-order valence-corrected chi connectivity index (χ1v) is 8.03. The van der Waals surface area contributed by atoms with E-state index in [0.29, 0.717) is 24.1 Å². The minimum atomic E-state index is -1.52. The molecule has 0 amide bonds. The lowest BCUT2D eigenvalue weighted by molar-refractivity contribution is -0.297. The van der Waals surface area contributed by atoms with Crippen LogP contribution in [0.4, 0.5) is 5.69 Å². The van der Waals surface area contributed by atoms with Crippen LogP contribution in [0.25, 0.3) is 0 Å². The Labute approximate surface area is 153 Å². The van der Waals surface area contributed by atoms with E-state index in [2.05, 4.69) is 26.0 Å². The largest absolute Gasteiger partial charge is 0.545 e. The molecule has 0 atom stereocenters. The van der Waals surface area contributed by atoms with Crippen molar-refractivity contribution in [3.05, 3.63) is 70.3 Å². The Morgan fingerprint density at radius 3 is 2.56 bits per heavy atom. The van der Waals surface area contributed by atoms with E-state index in [1.165, 1.54) is 0 Å². The molecule has 2 rings (SSSR count). The van der Waals surface area contributed by atoms with Gasteiger partial charge in [0.15, 0.2) is 0 Å². The number of aliphatic carboxylic acids is 1. The number of carbonyl (C=O) groups excluding carboxylic acids is 2. The number of hydrogen-bond acceptors (Lipinski definition) is 6. The number of carboxylic acids is 1. The maximum absolute atomic E-state index is 11.7. The second kappa shape index (κ2) is 8.89. The third kappa shape index (κ3) is 5.65. The van der Waals surface area contributed by atoms with Crippen LogP contribution in [-0.2, 0) is 20.9 Å². The molecule has 25 heavy (non-hydrogen) atoms. The first-order valence-electron chi connectivity index (χ1n) is 7.24. The van der Waals surface area contributed by atoms with Crippen LogP contribution in [0.1, 0.15) is 5.56 Å². The lowest BCUT2D eigenvalue weighted by Crippen LogP contribution is -2.23. The highest BCUT2D eigenvalue weighted by Gasteiger charge is 2.13. The molecule has 0 aromatic heterocycles.